The molecule has 0 aliphatic rings. The average molecular weight is 370 g/mol. The van der Waals surface area contributed by atoms with E-state index in [1.807, 2.05) is 60.7 Å². The maximum atomic E-state index is 5.52. The molecule has 0 aliphatic carbocycles. The van der Waals surface area contributed by atoms with E-state index >= 15 is 0 Å². The molecule has 25 heavy (non-hydrogen) atoms. The second kappa shape index (κ2) is 7.51. The van der Waals surface area contributed by atoms with Gasteiger partial charge in [0.2, 0.25) is 11.8 Å². The smallest absolute Gasteiger partial charge is 0.305 e. The molecule has 124 valence electrons. The predicted molar refractivity (Wildman–Crippen MR) is 92.3 cm³/mol. The number of aromatic nitrogens is 4. The fourth-order valence-electron chi connectivity index (χ4n) is 1.96. The first kappa shape index (κ1) is 15.9. The molecule has 0 bridgehead atoms. The van der Waals surface area contributed by atoms with Crippen molar-refractivity contribution in [2.75, 3.05) is 0 Å². The Balaban J connectivity index is 1.34. The van der Waals surface area contributed by atoms with Crippen molar-refractivity contribution >= 4 is 24.1 Å². The van der Waals surface area contributed by atoms with Gasteiger partial charge in [-0.1, -0.05) is 46.6 Å². The van der Waals surface area contributed by atoms with Gasteiger partial charge in [-0.05, 0) is 24.3 Å². The van der Waals surface area contributed by atoms with Crippen LogP contribution in [0.2, 0.25) is 0 Å². The molecule has 2 heterocycles. The molecule has 7 nitrogen and oxygen atoms in total. The van der Waals surface area contributed by atoms with Crippen molar-refractivity contribution in [1.82, 2.24) is 20.4 Å². The zero-order valence-electron chi connectivity index (χ0n) is 12.6. The average Bonchev–Trinajstić information content (AvgIpc) is 3.33. The van der Waals surface area contributed by atoms with Crippen LogP contribution in [-0.2, 0) is 3.63 Å². The first-order chi connectivity index (χ1) is 12.4. The topological polar surface area (TPSA) is 87.1 Å². The van der Waals surface area contributed by atoms with Crippen LogP contribution in [0, 0.1) is 0 Å². The lowest BCUT2D eigenvalue weighted by Gasteiger charge is -1.94. The third-order valence-electron chi connectivity index (χ3n) is 3.07. The van der Waals surface area contributed by atoms with E-state index in [0.29, 0.717) is 11.8 Å². The molecule has 0 atom stereocenters. The molecule has 0 amide bonds. The van der Waals surface area contributed by atoms with Crippen molar-refractivity contribution in [2.45, 2.75) is 10.4 Å². The summed E-state index contributed by atoms with van der Waals surface area (Å²) in [5, 5.41) is 16.4. The zero-order chi connectivity index (χ0) is 16.9. The summed E-state index contributed by atoms with van der Waals surface area (Å²) in [5.41, 5.74) is 1.69. The fraction of sp³-hybridized carbons (Fsp3) is 0. The van der Waals surface area contributed by atoms with E-state index in [-0.39, 0.29) is 10.4 Å². The van der Waals surface area contributed by atoms with Gasteiger partial charge in [0.25, 0.3) is 0 Å². The summed E-state index contributed by atoms with van der Waals surface area (Å²) in [7, 11) is 0. The Morgan fingerprint density at radius 1 is 0.600 bits per heavy atom. The normalized spacial score (nSPS) is 10.9. The molecular formula is C16H10N4O3S2. The Morgan fingerprint density at radius 2 is 1.04 bits per heavy atom. The number of rotatable bonds is 6. The van der Waals surface area contributed by atoms with Gasteiger partial charge in [0.15, 0.2) is 0 Å². The second-order valence-corrected chi connectivity index (χ2v) is 6.29. The maximum Gasteiger partial charge on any atom is 0.305 e. The largest absolute Gasteiger partial charge is 0.410 e. The lowest BCUT2D eigenvalue weighted by atomic mass is 10.2. The Bertz CT molecular complexity index is 866. The zero-order valence-corrected chi connectivity index (χ0v) is 14.2. The van der Waals surface area contributed by atoms with E-state index in [2.05, 4.69) is 20.4 Å². The molecule has 4 rings (SSSR count). The second-order valence-electron chi connectivity index (χ2n) is 4.71. The summed E-state index contributed by atoms with van der Waals surface area (Å²) in [6.45, 7) is 0. The molecule has 0 spiro atoms. The van der Waals surface area contributed by atoms with E-state index in [0.717, 1.165) is 35.2 Å². The Hall–Kier alpha value is -2.62. The third kappa shape index (κ3) is 3.90. The monoisotopic (exact) mass is 370 g/mol. The molecule has 2 aromatic carbocycles. The summed E-state index contributed by atoms with van der Waals surface area (Å²) < 4.78 is 16.4. The standard InChI is InChI=1S/C16H10N4O3S2/c1-3-7-11(8-4-1)13-17-19-15(21-13)24-23-25-16-20-18-14(22-16)12-9-5-2-6-10-12/h1-10H. The number of hydrogen-bond donors (Lipinski definition) is 0. The van der Waals surface area contributed by atoms with Gasteiger partial charge in [0.1, 0.15) is 24.1 Å². The minimum Gasteiger partial charge on any atom is -0.410 e. The molecule has 0 aliphatic heterocycles. The molecule has 4 aromatic rings. The van der Waals surface area contributed by atoms with Crippen LogP contribution in [0.25, 0.3) is 22.9 Å². The highest BCUT2D eigenvalue weighted by atomic mass is 32.2. The molecule has 2 aromatic heterocycles. The number of nitrogens with zero attached hydrogens (tertiary/aromatic N) is 4. The van der Waals surface area contributed by atoms with Gasteiger partial charge in [-0.2, -0.15) is 0 Å². The van der Waals surface area contributed by atoms with Gasteiger partial charge in [-0.25, -0.2) is 3.63 Å². The highest BCUT2D eigenvalue weighted by molar-refractivity contribution is 8.07. The minimum absolute atomic E-state index is 0.286. The fourth-order valence-corrected chi connectivity index (χ4v) is 2.93. The molecule has 0 radical (unpaired) electrons. The van der Waals surface area contributed by atoms with Crippen molar-refractivity contribution in [2.24, 2.45) is 0 Å². The van der Waals surface area contributed by atoms with E-state index in [9.17, 15) is 0 Å². The van der Waals surface area contributed by atoms with Crippen LogP contribution < -0.4 is 0 Å². The van der Waals surface area contributed by atoms with E-state index in [4.69, 9.17) is 12.5 Å². The van der Waals surface area contributed by atoms with Gasteiger partial charge in [-0.3, -0.25) is 0 Å². The van der Waals surface area contributed by atoms with Crippen molar-refractivity contribution in [3.05, 3.63) is 60.7 Å². The van der Waals surface area contributed by atoms with Crippen LogP contribution >= 0.6 is 24.1 Å². The van der Waals surface area contributed by atoms with Crippen LogP contribution in [-0.4, -0.2) is 20.4 Å². The number of hydrogen-bond acceptors (Lipinski definition) is 9. The minimum atomic E-state index is 0.286. The van der Waals surface area contributed by atoms with E-state index in [1.54, 1.807) is 0 Å². The van der Waals surface area contributed by atoms with Gasteiger partial charge in [0, 0.05) is 11.1 Å². The van der Waals surface area contributed by atoms with Gasteiger partial charge < -0.3 is 8.83 Å². The first-order valence-corrected chi connectivity index (χ1v) is 8.66. The molecule has 0 saturated carbocycles. The lowest BCUT2D eigenvalue weighted by molar-refractivity contribution is 0.449. The third-order valence-corrected chi connectivity index (χ3v) is 4.22. The van der Waals surface area contributed by atoms with E-state index < -0.39 is 0 Å². The summed E-state index contributed by atoms with van der Waals surface area (Å²) in [6, 6.07) is 19.0. The Morgan fingerprint density at radius 3 is 1.48 bits per heavy atom. The van der Waals surface area contributed by atoms with Crippen LogP contribution in [0.4, 0.5) is 0 Å². The summed E-state index contributed by atoms with van der Waals surface area (Å²) in [4.78, 5) is 0. The molecule has 0 fully saturated rings. The first-order valence-electron chi connectivity index (χ1n) is 7.17. The van der Waals surface area contributed by atoms with E-state index in [1.165, 1.54) is 0 Å². The maximum absolute atomic E-state index is 5.52. The van der Waals surface area contributed by atoms with Gasteiger partial charge in [0.05, 0.1) is 0 Å². The molecule has 9 heteroatoms. The van der Waals surface area contributed by atoms with Crippen LogP contribution in [0.5, 0.6) is 0 Å². The van der Waals surface area contributed by atoms with Crippen LogP contribution in [0.15, 0.2) is 79.9 Å². The van der Waals surface area contributed by atoms with Crippen molar-refractivity contribution in [1.29, 1.82) is 0 Å². The SMILES string of the molecule is c1ccc(-c2nnc(SOSc3nnc(-c4ccccc4)o3)o2)cc1. The highest BCUT2D eigenvalue weighted by Gasteiger charge is 2.13. The van der Waals surface area contributed by atoms with Crippen molar-refractivity contribution in [3.8, 4) is 22.9 Å². The molecule has 0 unspecified atom stereocenters. The predicted octanol–water partition coefficient (Wildman–Crippen LogP) is 4.52. The summed E-state index contributed by atoms with van der Waals surface area (Å²) in [5.74, 6) is 0.863. The van der Waals surface area contributed by atoms with Crippen LogP contribution in [0.1, 0.15) is 0 Å². The van der Waals surface area contributed by atoms with Crippen molar-refractivity contribution in [3.63, 3.8) is 0 Å². The number of benzene rings is 2. The van der Waals surface area contributed by atoms with Crippen LogP contribution in [0.3, 0.4) is 0 Å². The Kier molecular flexibility index (Phi) is 4.77. The summed E-state index contributed by atoms with van der Waals surface area (Å²) in [6.07, 6.45) is 0. The highest BCUT2D eigenvalue weighted by Crippen LogP contribution is 2.31. The van der Waals surface area contributed by atoms with Gasteiger partial charge in [-0.15, -0.1) is 10.2 Å². The van der Waals surface area contributed by atoms with Gasteiger partial charge >= 0.3 is 10.4 Å². The quantitative estimate of drug-likeness (QED) is 0.455. The molecular weight excluding hydrogens is 360 g/mol. The summed E-state index contributed by atoms with van der Waals surface area (Å²) >= 11 is 1.86. The van der Waals surface area contributed by atoms with Crippen molar-refractivity contribution < 1.29 is 12.5 Å². The lowest BCUT2D eigenvalue weighted by Crippen LogP contribution is -1.75. The Labute approximate surface area is 151 Å². The molecule has 0 N–H and O–H groups in total. The molecule has 0 saturated heterocycles.